The van der Waals surface area contributed by atoms with Crippen LogP contribution in [0.5, 0.6) is 5.75 Å². The molecule has 4 rings (SSSR count). The molecular weight excluding hydrogens is 370 g/mol. The summed E-state index contributed by atoms with van der Waals surface area (Å²) in [4.78, 5) is 7.75. The minimum absolute atomic E-state index is 0.667. The Bertz CT molecular complexity index is 776. The molecule has 0 saturated carbocycles. The maximum atomic E-state index is 6.17. The van der Waals surface area contributed by atoms with Crippen LogP contribution in [0.3, 0.4) is 0 Å². The van der Waals surface area contributed by atoms with Gasteiger partial charge in [0.05, 0.1) is 7.11 Å². The third-order valence-corrected chi connectivity index (χ3v) is 6.26. The summed E-state index contributed by atoms with van der Waals surface area (Å²) in [5, 5.41) is 0.820. The maximum absolute atomic E-state index is 6.17. The Morgan fingerprint density at radius 1 is 1.00 bits per heavy atom. The summed E-state index contributed by atoms with van der Waals surface area (Å²) in [6, 6.07) is 17.4. The Hall–Kier alpha value is -1.75. The second-order valence-electron chi connectivity index (χ2n) is 7.89. The summed E-state index contributed by atoms with van der Waals surface area (Å²) in [7, 11) is 1.74. The van der Waals surface area contributed by atoms with Gasteiger partial charge < -0.3 is 9.64 Å². The second-order valence-corrected chi connectivity index (χ2v) is 8.32. The summed E-state index contributed by atoms with van der Waals surface area (Å²) in [6.07, 6.45) is 2.59. The Morgan fingerprint density at radius 3 is 2.61 bits per heavy atom. The lowest BCUT2D eigenvalue weighted by molar-refractivity contribution is 0.0887. The molecular formula is C23H30ClN3O. The average Bonchev–Trinajstić information content (AvgIpc) is 2.74. The summed E-state index contributed by atoms with van der Waals surface area (Å²) >= 11 is 6.17. The van der Waals surface area contributed by atoms with Crippen LogP contribution in [0.15, 0.2) is 48.5 Å². The number of nitrogens with zero attached hydrogens (tertiary/aromatic N) is 3. The largest absolute Gasteiger partial charge is 0.497 e. The van der Waals surface area contributed by atoms with E-state index in [1.54, 1.807) is 7.11 Å². The molecule has 0 spiro atoms. The zero-order valence-corrected chi connectivity index (χ0v) is 17.4. The Labute approximate surface area is 173 Å². The van der Waals surface area contributed by atoms with Gasteiger partial charge in [-0.2, -0.15) is 0 Å². The normalized spacial score (nSPS) is 21.6. The molecule has 2 aromatic rings. The van der Waals surface area contributed by atoms with Crippen LogP contribution >= 0.6 is 11.6 Å². The standard InChI is InChI=1S/C23H30ClN3O/c1-28-23-9-2-5-19(15-23)17-25-10-4-8-22(18-25)27-13-11-26(12-14-27)21-7-3-6-20(24)16-21/h2-3,5-7,9,15-16,22H,4,8,10-14,17-18H2,1H3. The van der Waals surface area contributed by atoms with Crippen molar-refractivity contribution < 1.29 is 4.74 Å². The van der Waals surface area contributed by atoms with Gasteiger partial charge in [0.25, 0.3) is 0 Å². The molecule has 4 nitrogen and oxygen atoms in total. The highest BCUT2D eigenvalue weighted by molar-refractivity contribution is 6.30. The van der Waals surface area contributed by atoms with Crippen LogP contribution in [0.2, 0.25) is 5.02 Å². The summed E-state index contributed by atoms with van der Waals surface area (Å²) in [6.45, 7) is 7.77. The number of methoxy groups -OCH3 is 1. The van der Waals surface area contributed by atoms with Gasteiger partial charge in [-0.3, -0.25) is 9.80 Å². The molecule has 0 amide bonds. The first-order chi connectivity index (χ1) is 13.7. The molecule has 2 saturated heterocycles. The summed E-state index contributed by atoms with van der Waals surface area (Å²) < 4.78 is 5.37. The Balaban J connectivity index is 1.31. The van der Waals surface area contributed by atoms with E-state index in [4.69, 9.17) is 16.3 Å². The van der Waals surface area contributed by atoms with Crippen LogP contribution in [0.25, 0.3) is 0 Å². The average molecular weight is 400 g/mol. The SMILES string of the molecule is COc1cccc(CN2CCCC(N3CCN(c4cccc(Cl)c4)CC3)C2)c1. The lowest BCUT2D eigenvalue weighted by Gasteiger charge is -2.44. The molecule has 2 aromatic carbocycles. The van der Waals surface area contributed by atoms with Crippen LogP contribution in [0.1, 0.15) is 18.4 Å². The molecule has 5 heteroatoms. The number of piperidine rings is 1. The zero-order valence-electron chi connectivity index (χ0n) is 16.7. The Morgan fingerprint density at radius 2 is 1.82 bits per heavy atom. The maximum Gasteiger partial charge on any atom is 0.119 e. The first kappa shape index (κ1) is 19.6. The van der Waals surface area contributed by atoms with E-state index in [9.17, 15) is 0 Å². The highest BCUT2D eigenvalue weighted by Gasteiger charge is 2.28. The molecule has 0 radical (unpaired) electrons. The van der Waals surface area contributed by atoms with E-state index in [-0.39, 0.29) is 0 Å². The lowest BCUT2D eigenvalue weighted by atomic mass is 10.0. The van der Waals surface area contributed by atoms with E-state index in [1.165, 1.54) is 30.6 Å². The molecule has 2 heterocycles. The molecule has 1 atom stereocenters. The van der Waals surface area contributed by atoms with E-state index < -0.39 is 0 Å². The van der Waals surface area contributed by atoms with Gasteiger partial charge in [-0.25, -0.2) is 0 Å². The van der Waals surface area contributed by atoms with Crippen molar-refractivity contribution in [3.63, 3.8) is 0 Å². The van der Waals surface area contributed by atoms with Crippen molar-refractivity contribution in [3.05, 3.63) is 59.1 Å². The molecule has 0 aliphatic carbocycles. The molecule has 2 aliphatic rings. The van der Waals surface area contributed by atoms with Gasteiger partial charge in [0, 0.05) is 56.0 Å². The van der Waals surface area contributed by atoms with Crippen molar-refractivity contribution in [2.45, 2.75) is 25.4 Å². The summed E-state index contributed by atoms with van der Waals surface area (Å²) in [5.41, 5.74) is 2.58. The van der Waals surface area contributed by atoms with E-state index >= 15 is 0 Å². The number of ether oxygens (including phenoxy) is 1. The molecule has 150 valence electrons. The number of hydrogen-bond donors (Lipinski definition) is 0. The fourth-order valence-electron chi connectivity index (χ4n) is 4.52. The first-order valence-corrected chi connectivity index (χ1v) is 10.7. The van der Waals surface area contributed by atoms with E-state index in [1.807, 2.05) is 18.2 Å². The monoisotopic (exact) mass is 399 g/mol. The van der Waals surface area contributed by atoms with E-state index in [2.05, 4.69) is 45.0 Å². The van der Waals surface area contributed by atoms with Crippen LogP contribution in [0, 0.1) is 0 Å². The van der Waals surface area contributed by atoms with Gasteiger partial charge in [0.15, 0.2) is 0 Å². The van der Waals surface area contributed by atoms with Crippen molar-refractivity contribution in [1.82, 2.24) is 9.80 Å². The van der Waals surface area contributed by atoms with Gasteiger partial charge in [0.1, 0.15) is 5.75 Å². The molecule has 2 aliphatic heterocycles. The number of likely N-dealkylation sites (tertiary alicyclic amines) is 1. The third-order valence-electron chi connectivity index (χ3n) is 6.02. The fraction of sp³-hybridized carbons (Fsp3) is 0.478. The van der Waals surface area contributed by atoms with E-state index in [0.717, 1.165) is 50.0 Å². The minimum Gasteiger partial charge on any atom is -0.497 e. The van der Waals surface area contributed by atoms with Gasteiger partial charge in [-0.05, 0) is 55.3 Å². The number of halogens is 1. The smallest absolute Gasteiger partial charge is 0.119 e. The van der Waals surface area contributed by atoms with Crippen molar-refractivity contribution in [2.75, 3.05) is 51.3 Å². The molecule has 2 fully saturated rings. The van der Waals surface area contributed by atoms with Crippen molar-refractivity contribution >= 4 is 17.3 Å². The predicted molar refractivity (Wildman–Crippen MR) is 117 cm³/mol. The number of benzene rings is 2. The zero-order chi connectivity index (χ0) is 19.3. The van der Waals surface area contributed by atoms with Crippen LogP contribution in [-0.2, 0) is 6.54 Å². The fourth-order valence-corrected chi connectivity index (χ4v) is 4.70. The third kappa shape index (κ3) is 4.80. The highest BCUT2D eigenvalue weighted by Crippen LogP contribution is 2.24. The molecule has 0 N–H and O–H groups in total. The second kappa shape index (κ2) is 9.17. The van der Waals surface area contributed by atoms with Gasteiger partial charge >= 0.3 is 0 Å². The number of hydrogen-bond acceptors (Lipinski definition) is 4. The molecule has 0 aromatic heterocycles. The number of piperazine rings is 1. The summed E-state index contributed by atoms with van der Waals surface area (Å²) in [5.74, 6) is 0.947. The lowest BCUT2D eigenvalue weighted by Crippen LogP contribution is -2.55. The highest BCUT2D eigenvalue weighted by atomic mass is 35.5. The minimum atomic E-state index is 0.667. The van der Waals surface area contributed by atoms with Crippen LogP contribution in [-0.4, -0.2) is 62.2 Å². The Kier molecular flexibility index (Phi) is 6.40. The van der Waals surface area contributed by atoms with Crippen molar-refractivity contribution in [2.24, 2.45) is 0 Å². The molecule has 0 bridgehead atoms. The van der Waals surface area contributed by atoms with Crippen molar-refractivity contribution in [3.8, 4) is 5.75 Å². The van der Waals surface area contributed by atoms with Crippen molar-refractivity contribution in [1.29, 1.82) is 0 Å². The van der Waals surface area contributed by atoms with Gasteiger partial charge in [-0.1, -0.05) is 29.8 Å². The number of rotatable bonds is 5. The number of anilines is 1. The topological polar surface area (TPSA) is 19.0 Å². The van der Waals surface area contributed by atoms with Gasteiger partial charge in [0.2, 0.25) is 0 Å². The van der Waals surface area contributed by atoms with E-state index in [0.29, 0.717) is 6.04 Å². The predicted octanol–water partition coefficient (Wildman–Crippen LogP) is 4.14. The van der Waals surface area contributed by atoms with Gasteiger partial charge in [-0.15, -0.1) is 0 Å². The molecule has 1 unspecified atom stereocenters. The van der Waals surface area contributed by atoms with Crippen LogP contribution in [0.4, 0.5) is 5.69 Å². The molecule has 28 heavy (non-hydrogen) atoms. The van der Waals surface area contributed by atoms with Crippen LogP contribution < -0.4 is 9.64 Å². The quantitative estimate of drug-likeness (QED) is 0.752. The first-order valence-electron chi connectivity index (χ1n) is 10.3.